The minimum atomic E-state index is 0.549. The van der Waals surface area contributed by atoms with Crippen LogP contribution in [-0.2, 0) is 0 Å². The van der Waals surface area contributed by atoms with Crippen molar-refractivity contribution in [3.63, 3.8) is 0 Å². The van der Waals surface area contributed by atoms with E-state index in [0.717, 1.165) is 0 Å². The van der Waals surface area contributed by atoms with Crippen molar-refractivity contribution >= 4 is 7.85 Å². The molecular weight excluding hydrogens is 94.9 g/mol. The van der Waals surface area contributed by atoms with Gasteiger partial charge in [-0.3, -0.25) is 0 Å². The Bertz CT molecular complexity index is 92.2. The quantitative estimate of drug-likeness (QED) is 0.450. The van der Waals surface area contributed by atoms with Gasteiger partial charge in [0.2, 0.25) is 0 Å². The highest BCUT2D eigenvalue weighted by atomic mass is 14.5. The predicted molar refractivity (Wildman–Crippen MR) is 39.9 cm³/mol. The first-order valence-electron chi connectivity index (χ1n) is 3.46. The molecule has 0 bridgehead atoms. The molecule has 0 radical (unpaired) electrons. The van der Waals surface area contributed by atoms with Crippen molar-refractivity contribution in [3.05, 3.63) is 0 Å². The van der Waals surface area contributed by atoms with Crippen LogP contribution in [0.15, 0.2) is 0 Å². The van der Waals surface area contributed by atoms with E-state index in [2.05, 4.69) is 28.6 Å². The molecule has 0 aromatic heterocycles. The second kappa shape index (κ2) is 1.31. The van der Waals surface area contributed by atoms with Crippen molar-refractivity contribution in [1.82, 2.24) is 0 Å². The van der Waals surface area contributed by atoms with Gasteiger partial charge in [0.25, 0.3) is 0 Å². The van der Waals surface area contributed by atoms with Gasteiger partial charge in [0.05, 0.1) is 0 Å². The Labute approximate surface area is 53.1 Å². The second-order valence-electron chi connectivity index (χ2n) is 4.31. The summed E-state index contributed by atoms with van der Waals surface area (Å²) in [6.45, 7) is 7.05. The van der Waals surface area contributed by atoms with E-state index >= 15 is 0 Å². The van der Waals surface area contributed by atoms with Crippen molar-refractivity contribution < 1.29 is 0 Å². The largest absolute Gasteiger partial charge is 0.109 e. The molecule has 1 saturated carbocycles. The molecule has 0 amide bonds. The van der Waals surface area contributed by atoms with E-state index in [-0.39, 0.29) is 0 Å². The van der Waals surface area contributed by atoms with E-state index in [1.54, 1.807) is 0 Å². The monoisotopic (exact) mass is 110 g/mol. The Morgan fingerprint density at radius 3 is 1.75 bits per heavy atom. The lowest BCUT2D eigenvalue weighted by molar-refractivity contribution is 0.419. The van der Waals surface area contributed by atoms with E-state index < -0.39 is 0 Å². The van der Waals surface area contributed by atoms with Crippen LogP contribution in [0.2, 0.25) is 5.31 Å². The van der Waals surface area contributed by atoms with Crippen LogP contribution in [-0.4, -0.2) is 7.85 Å². The van der Waals surface area contributed by atoms with Crippen LogP contribution in [0.5, 0.6) is 0 Å². The number of hydrogen-bond donors (Lipinski definition) is 0. The lowest BCUT2D eigenvalue weighted by atomic mass is 9.62. The molecule has 1 aliphatic carbocycles. The Hall–Kier alpha value is 0.0649. The molecule has 1 aliphatic rings. The third kappa shape index (κ3) is 0.786. The first kappa shape index (κ1) is 6.19. The standard InChI is InChI=1S/C7H15B/c1-6(2,8)7(3)4-5-7/h4-5,8H2,1-3H3. The first-order valence-corrected chi connectivity index (χ1v) is 3.46. The highest BCUT2D eigenvalue weighted by Gasteiger charge is 2.46. The average molecular weight is 110 g/mol. The summed E-state index contributed by atoms with van der Waals surface area (Å²) in [5, 5.41) is 0.549. The van der Waals surface area contributed by atoms with Crippen molar-refractivity contribution in [1.29, 1.82) is 0 Å². The van der Waals surface area contributed by atoms with Crippen molar-refractivity contribution in [2.75, 3.05) is 0 Å². The molecule has 0 unspecified atom stereocenters. The van der Waals surface area contributed by atoms with Crippen LogP contribution in [0.25, 0.3) is 0 Å². The van der Waals surface area contributed by atoms with Gasteiger partial charge >= 0.3 is 0 Å². The smallest absolute Gasteiger partial charge is 0.0667 e. The third-order valence-corrected chi connectivity index (χ3v) is 2.81. The molecule has 0 aliphatic heterocycles. The van der Waals surface area contributed by atoms with Crippen LogP contribution in [0.3, 0.4) is 0 Å². The molecular formula is C7H15B. The fourth-order valence-corrected chi connectivity index (χ4v) is 0.937. The SMILES string of the molecule is BC(C)(C)C1(C)CC1. The summed E-state index contributed by atoms with van der Waals surface area (Å²) in [5.41, 5.74) is 0.688. The molecule has 1 heteroatoms. The number of hydrogen-bond acceptors (Lipinski definition) is 0. The lowest BCUT2D eigenvalue weighted by Crippen LogP contribution is -2.14. The normalized spacial score (nSPS) is 25.4. The molecule has 0 atom stereocenters. The maximum absolute atomic E-state index is 2.38. The molecule has 0 N–H and O–H groups in total. The first-order chi connectivity index (χ1) is 3.46. The van der Waals surface area contributed by atoms with Crippen LogP contribution in [0.4, 0.5) is 0 Å². The molecule has 0 aromatic carbocycles. The number of rotatable bonds is 1. The van der Waals surface area contributed by atoms with Gasteiger partial charge in [0, 0.05) is 0 Å². The summed E-state index contributed by atoms with van der Waals surface area (Å²) < 4.78 is 0. The molecule has 46 valence electrons. The molecule has 0 saturated heterocycles. The van der Waals surface area contributed by atoms with E-state index in [1.807, 2.05) is 0 Å². The molecule has 0 aromatic rings. The summed E-state index contributed by atoms with van der Waals surface area (Å²) >= 11 is 0. The molecule has 0 spiro atoms. The Morgan fingerprint density at radius 2 is 1.75 bits per heavy atom. The minimum Gasteiger partial charge on any atom is -0.0667 e. The minimum absolute atomic E-state index is 0.549. The lowest BCUT2D eigenvalue weighted by Gasteiger charge is -2.26. The van der Waals surface area contributed by atoms with Gasteiger partial charge in [-0.2, -0.15) is 0 Å². The zero-order chi connectivity index (χ0) is 6.41. The van der Waals surface area contributed by atoms with Crippen LogP contribution in [0.1, 0.15) is 33.6 Å². The van der Waals surface area contributed by atoms with Gasteiger partial charge in [-0.25, -0.2) is 0 Å². The second-order valence-corrected chi connectivity index (χ2v) is 4.31. The third-order valence-electron chi connectivity index (χ3n) is 2.81. The Morgan fingerprint density at radius 1 is 1.38 bits per heavy atom. The summed E-state index contributed by atoms with van der Waals surface area (Å²) in [5.74, 6) is 0. The van der Waals surface area contributed by atoms with Crippen LogP contribution in [0, 0.1) is 5.41 Å². The Balaban J connectivity index is 2.58. The van der Waals surface area contributed by atoms with E-state index in [4.69, 9.17) is 0 Å². The topological polar surface area (TPSA) is 0 Å². The van der Waals surface area contributed by atoms with E-state index in [1.165, 1.54) is 12.8 Å². The molecule has 1 rings (SSSR count). The van der Waals surface area contributed by atoms with Gasteiger partial charge in [0.15, 0.2) is 0 Å². The molecule has 8 heavy (non-hydrogen) atoms. The van der Waals surface area contributed by atoms with Crippen molar-refractivity contribution in [3.8, 4) is 0 Å². The van der Waals surface area contributed by atoms with Crippen molar-refractivity contribution in [2.24, 2.45) is 5.41 Å². The summed E-state index contributed by atoms with van der Waals surface area (Å²) in [7, 11) is 2.33. The van der Waals surface area contributed by atoms with Crippen LogP contribution < -0.4 is 0 Å². The fourth-order valence-electron chi connectivity index (χ4n) is 0.937. The van der Waals surface area contributed by atoms with Gasteiger partial charge in [0.1, 0.15) is 7.85 Å². The molecule has 0 nitrogen and oxygen atoms in total. The maximum atomic E-state index is 2.38. The average Bonchev–Trinajstić information content (AvgIpc) is 2.16. The Kier molecular flexibility index (Phi) is 1.02. The van der Waals surface area contributed by atoms with Gasteiger partial charge < -0.3 is 0 Å². The highest BCUT2D eigenvalue weighted by Crippen LogP contribution is 2.60. The highest BCUT2D eigenvalue weighted by molar-refractivity contribution is 6.15. The summed E-state index contributed by atoms with van der Waals surface area (Å²) in [6, 6.07) is 0. The maximum Gasteiger partial charge on any atom is 0.109 e. The zero-order valence-electron chi connectivity index (χ0n) is 6.41. The van der Waals surface area contributed by atoms with Crippen molar-refractivity contribution in [2.45, 2.75) is 38.9 Å². The summed E-state index contributed by atoms with van der Waals surface area (Å²) in [4.78, 5) is 0. The van der Waals surface area contributed by atoms with E-state index in [9.17, 15) is 0 Å². The zero-order valence-corrected chi connectivity index (χ0v) is 6.41. The summed E-state index contributed by atoms with van der Waals surface area (Å²) in [6.07, 6.45) is 2.88. The predicted octanol–water partition coefficient (Wildman–Crippen LogP) is 1.62. The molecule has 0 heterocycles. The van der Waals surface area contributed by atoms with E-state index in [0.29, 0.717) is 10.7 Å². The van der Waals surface area contributed by atoms with Crippen LogP contribution >= 0.6 is 0 Å². The van der Waals surface area contributed by atoms with Gasteiger partial charge in [-0.1, -0.05) is 26.1 Å². The van der Waals surface area contributed by atoms with Gasteiger partial charge in [-0.05, 0) is 18.3 Å². The van der Waals surface area contributed by atoms with Gasteiger partial charge in [-0.15, -0.1) is 0 Å². The fraction of sp³-hybridized carbons (Fsp3) is 1.00. The molecule has 1 fully saturated rings.